The van der Waals surface area contributed by atoms with Crippen LogP contribution in [0.1, 0.15) is 47.9 Å². The highest BCUT2D eigenvalue weighted by atomic mass is 32.2. The number of hydrogen-bond donors (Lipinski definition) is 0. The molecule has 0 aliphatic carbocycles. The number of amides is 1. The molecule has 2 fully saturated rings. The Morgan fingerprint density at radius 3 is 2.72 bits per heavy atom. The number of hydrogen-bond acceptors (Lipinski definition) is 7. The molecule has 1 aromatic rings. The van der Waals surface area contributed by atoms with E-state index in [0.29, 0.717) is 30.0 Å². The Balaban J connectivity index is 1.62. The normalized spacial score (nSPS) is 23.2. The Kier molecular flexibility index (Phi) is 6.07. The van der Waals surface area contributed by atoms with Crippen molar-refractivity contribution in [2.75, 3.05) is 19.5 Å². The van der Waals surface area contributed by atoms with Gasteiger partial charge >= 0.3 is 11.9 Å². The first-order chi connectivity index (χ1) is 13.7. The minimum absolute atomic E-state index is 0.0417. The third-order valence-electron chi connectivity index (χ3n) is 5.70. The average molecular weight is 423 g/mol. The number of Topliss-reactive ketones (excluding diaryl/α,β-unsaturated/α-hetero) is 1. The quantitative estimate of drug-likeness (QED) is 0.489. The highest BCUT2D eigenvalue weighted by Gasteiger charge is 2.53. The number of nitrogens with zero attached hydrogens (tertiary/aromatic N) is 2. The molecular formula is C20H26N2O6S. The lowest BCUT2D eigenvalue weighted by atomic mass is 10.1. The summed E-state index contributed by atoms with van der Waals surface area (Å²) in [5.41, 5.74) is 2.01. The first kappa shape index (κ1) is 21.4. The number of carbonyl (C=O) groups excluding carboxylic acids is 4. The van der Waals surface area contributed by atoms with Gasteiger partial charge in [-0.25, -0.2) is 4.79 Å². The zero-order chi connectivity index (χ0) is 21.3. The fourth-order valence-electron chi connectivity index (χ4n) is 4.04. The summed E-state index contributed by atoms with van der Waals surface area (Å²) in [5, 5.41) is 0. The molecule has 158 valence electrons. The maximum absolute atomic E-state index is 12.6. The minimum Gasteiger partial charge on any atom is -0.469 e. The number of rotatable bonds is 7. The molecule has 0 saturated carbocycles. The SMILES string of the molecule is COC(=O)CCn1c(C)cc(C(=O)COC(=O)[C@H]2CS[C@]3(C)CCC(=O)N23)c1C. The van der Waals surface area contributed by atoms with Gasteiger partial charge < -0.3 is 18.9 Å². The fourth-order valence-corrected chi connectivity index (χ4v) is 5.46. The molecule has 2 aliphatic rings. The summed E-state index contributed by atoms with van der Waals surface area (Å²) in [6.07, 6.45) is 1.36. The topological polar surface area (TPSA) is 94.9 Å². The molecule has 0 bridgehead atoms. The van der Waals surface area contributed by atoms with Gasteiger partial charge in [0.05, 0.1) is 18.4 Å². The molecule has 9 heteroatoms. The maximum atomic E-state index is 12.6. The predicted octanol–water partition coefficient (Wildman–Crippen LogP) is 1.85. The third kappa shape index (κ3) is 4.05. The molecule has 0 spiro atoms. The molecule has 0 N–H and O–H groups in total. The van der Waals surface area contributed by atoms with Crippen LogP contribution >= 0.6 is 11.8 Å². The Bertz CT molecular complexity index is 863. The van der Waals surface area contributed by atoms with Crippen LogP contribution in [0.4, 0.5) is 0 Å². The minimum atomic E-state index is -0.639. The van der Waals surface area contributed by atoms with Crippen molar-refractivity contribution in [3.05, 3.63) is 23.0 Å². The molecule has 3 rings (SSSR count). The largest absolute Gasteiger partial charge is 0.469 e. The first-order valence-corrected chi connectivity index (χ1v) is 10.6. The van der Waals surface area contributed by atoms with Crippen LogP contribution in [0.15, 0.2) is 6.07 Å². The number of methoxy groups -OCH3 is 1. The van der Waals surface area contributed by atoms with E-state index < -0.39 is 12.0 Å². The molecule has 29 heavy (non-hydrogen) atoms. The van der Waals surface area contributed by atoms with Crippen molar-refractivity contribution in [1.82, 2.24) is 9.47 Å². The summed E-state index contributed by atoms with van der Waals surface area (Å²) < 4.78 is 11.8. The smallest absolute Gasteiger partial charge is 0.330 e. The molecular weight excluding hydrogens is 396 g/mol. The summed E-state index contributed by atoms with van der Waals surface area (Å²) in [6, 6.07) is 1.09. The zero-order valence-corrected chi connectivity index (χ0v) is 18.0. The number of ether oxygens (including phenoxy) is 2. The monoisotopic (exact) mass is 422 g/mol. The lowest BCUT2D eigenvalue weighted by Crippen LogP contribution is -2.46. The van der Waals surface area contributed by atoms with Gasteiger partial charge in [-0.15, -0.1) is 11.8 Å². The maximum Gasteiger partial charge on any atom is 0.330 e. The van der Waals surface area contributed by atoms with E-state index in [1.54, 1.807) is 29.7 Å². The van der Waals surface area contributed by atoms with E-state index in [4.69, 9.17) is 4.74 Å². The Morgan fingerprint density at radius 2 is 2.03 bits per heavy atom. The van der Waals surface area contributed by atoms with Crippen molar-refractivity contribution in [3.63, 3.8) is 0 Å². The summed E-state index contributed by atoms with van der Waals surface area (Å²) in [6.45, 7) is 5.64. The highest BCUT2D eigenvalue weighted by molar-refractivity contribution is 8.01. The molecule has 8 nitrogen and oxygen atoms in total. The fraction of sp³-hybridized carbons (Fsp3) is 0.600. The number of ketones is 1. The van der Waals surface area contributed by atoms with Crippen LogP contribution in [0.2, 0.25) is 0 Å². The number of aryl methyl sites for hydroxylation is 1. The third-order valence-corrected chi connectivity index (χ3v) is 7.21. The van der Waals surface area contributed by atoms with Crippen LogP contribution in [0.3, 0.4) is 0 Å². The Morgan fingerprint density at radius 1 is 1.31 bits per heavy atom. The molecule has 2 saturated heterocycles. The van der Waals surface area contributed by atoms with Crippen molar-refractivity contribution in [2.24, 2.45) is 0 Å². The van der Waals surface area contributed by atoms with Gasteiger partial charge in [0, 0.05) is 35.7 Å². The van der Waals surface area contributed by atoms with Gasteiger partial charge in [-0.1, -0.05) is 0 Å². The lowest BCUT2D eigenvalue weighted by Gasteiger charge is -2.29. The number of aromatic nitrogens is 1. The number of esters is 2. The van der Waals surface area contributed by atoms with E-state index in [1.807, 2.05) is 18.4 Å². The Hall–Kier alpha value is -2.29. The highest BCUT2D eigenvalue weighted by Crippen LogP contribution is 2.47. The molecule has 1 aromatic heterocycles. The van der Waals surface area contributed by atoms with Gasteiger partial charge in [-0.2, -0.15) is 0 Å². The number of thioether (sulfide) groups is 1. The van der Waals surface area contributed by atoms with E-state index in [1.165, 1.54) is 7.11 Å². The second kappa shape index (κ2) is 8.22. The van der Waals surface area contributed by atoms with E-state index in [-0.39, 0.29) is 35.6 Å². The van der Waals surface area contributed by atoms with Gasteiger partial charge in [0.15, 0.2) is 6.61 Å². The summed E-state index contributed by atoms with van der Waals surface area (Å²) in [5.74, 6) is -0.726. The van der Waals surface area contributed by atoms with Crippen molar-refractivity contribution in [1.29, 1.82) is 0 Å². The summed E-state index contributed by atoms with van der Waals surface area (Å²) in [4.78, 5) is 50.0. The van der Waals surface area contributed by atoms with E-state index in [0.717, 1.165) is 12.1 Å². The van der Waals surface area contributed by atoms with Crippen LogP contribution in [-0.2, 0) is 30.4 Å². The molecule has 2 atom stereocenters. The van der Waals surface area contributed by atoms with Crippen molar-refractivity contribution in [3.8, 4) is 0 Å². The standard InChI is InChI=1S/C20H26N2O6S/c1-12-9-14(13(2)21(12)8-6-18(25)27-4)16(23)10-28-19(26)15-11-29-20(3)7-5-17(24)22(15)20/h9,15H,5-8,10-11H2,1-4H3/t15-,20-/m1/s1. The molecule has 1 amide bonds. The zero-order valence-electron chi connectivity index (χ0n) is 17.1. The molecule has 0 radical (unpaired) electrons. The molecule has 3 heterocycles. The van der Waals surface area contributed by atoms with E-state index in [9.17, 15) is 19.2 Å². The van der Waals surface area contributed by atoms with Crippen LogP contribution in [0.25, 0.3) is 0 Å². The number of carbonyl (C=O) groups is 4. The van der Waals surface area contributed by atoms with Crippen molar-refractivity contribution >= 4 is 35.4 Å². The predicted molar refractivity (Wildman–Crippen MR) is 107 cm³/mol. The van der Waals surface area contributed by atoms with Crippen molar-refractivity contribution < 1.29 is 28.7 Å². The Labute approximate surface area is 173 Å². The van der Waals surface area contributed by atoms with Gasteiger partial charge in [0.25, 0.3) is 0 Å². The van der Waals surface area contributed by atoms with Crippen LogP contribution in [-0.4, -0.2) is 63.5 Å². The molecule has 0 aromatic carbocycles. The lowest BCUT2D eigenvalue weighted by molar-refractivity contribution is -0.152. The molecule has 2 aliphatic heterocycles. The first-order valence-electron chi connectivity index (χ1n) is 9.57. The second-order valence-corrected chi connectivity index (χ2v) is 9.06. The van der Waals surface area contributed by atoms with Crippen LogP contribution < -0.4 is 0 Å². The summed E-state index contributed by atoms with van der Waals surface area (Å²) >= 11 is 1.58. The second-order valence-electron chi connectivity index (χ2n) is 7.56. The number of fused-ring (bicyclic) bond motifs is 1. The van der Waals surface area contributed by atoms with Gasteiger partial charge in [0.1, 0.15) is 6.04 Å². The summed E-state index contributed by atoms with van der Waals surface area (Å²) in [7, 11) is 1.34. The van der Waals surface area contributed by atoms with Gasteiger partial charge in [-0.3, -0.25) is 14.4 Å². The van der Waals surface area contributed by atoms with Gasteiger partial charge in [-0.05, 0) is 33.3 Å². The van der Waals surface area contributed by atoms with E-state index in [2.05, 4.69) is 4.74 Å². The van der Waals surface area contributed by atoms with Crippen LogP contribution in [0, 0.1) is 13.8 Å². The molecule has 0 unspecified atom stereocenters. The average Bonchev–Trinajstić information content (AvgIpc) is 3.28. The van der Waals surface area contributed by atoms with Gasteiger partial charge in [0.2, 0.25) is 11.7 Å². The van der Waals surface area contributed by atoms with Crippen LogP contribution in [0.5, 0.6) is 0 Å². The van der Waals surface area contributed by atoms with E-state index >= 15 is 0 Å². The van der Waals surface area contributed by atoms with Crippen molar-refractivity contribution in [2.45, 2.75) is 57.5 Å².